The van der Waals surface area contributed by atoms with E-state index in [4.69, 9.17) is 14.2 Å². The second-order valence-corrected chi connectivity index (χ2v) is 7.31. The van der Waals surface area contributed by atoms with E-state index in [0.717, 1.165) is 62.2 Å². The Bertz CT molecular complexity index is 592. The summed E-state index contributed by atoms with van der Waals surface area (Å²) < 4.78 is 16.2. The summed E-state index contributed by atoms with van der Waals surface area (Å²) >= 11 is 1.80. The van der Waals surface area contributed by atoms with Crippen molar-refractivity contribution in [3.05, 3.63) is 23.8 Å². The molecular weight excluding hydrogens is 340 g/mol. The van der Waals surface area contributed by atoms with Gasteiger partial charge in [-0.05, 0) is 12.1 Å². The fourth-order valence-corrected chi connectivity index (χ4v) is 4.51. The molecule has 3 rings (SSSR count). The van der Waals surface area contributed by atoms with E-state index in [2.05, 4.69) is 4.90 Å². The van der Waals surface area contributed by atoms with Gasteiger partial charge in [0.2, 0.25) is 5.91 Å². The summed E-state index contributed by atoms with van der Waals surface area (Å²) in [6.45, 7) is 5.03. The Kier molecular flexibility index (Phi) is 6.45. The average molecular weight is 366 g/mol. The van der Waals surface area contributed by atoms with Crippen LogP contribution in [0.25, 0.3) is 0 Å². The van der Waals surface area contributed by atoms with Crippen LogP contribution in [0.1, 0.15) is 17.4 Å². The van der Waals surface area contributed by atoms with Gasteiger partial charge in [0.1, 0.15) is 16.9 Å². The van der Waals surface area contributed by atoms with Crippen LogP contribution in [0.15, 0.2) is 18.2 Å². The molecular formula is C18H26N2O4S. The highest BCUT2D eigenvalue weighted by molar-refractivity contribution is 7.99. The Hall–Kier alpha value is -1.44. The average Bonchev–Trinajstić information content (AvgIpc) is 2.67. The Morgan fingerprint density at radius 1 is 1.20 bits per heavy atom. The van der Waals surface area contributed by atoms with Crippen molar-refractivity contribution in [3.63, 3.8) is 0 Å². The molecule has 1 aromatic carbocycles. The SMILES string of the molecule is COc1ccc(C2SCCC(=O)N2CCN2CCOCC2)c(OC)c1. The van der Waals surface area contributed by atoms with Crippen molar-refractivity contribution in [2.75, 3.05) is 59.4 Å². The van der Waals surface area contributed by atoms with Crippen LogP contribution in [0.4, 0.5) is 0 Å². The number of hydrogen-bond donors (Lipinski definition) is 0. The summed E-state index contributed by atoms with van der Waals surface area (Å²) in [7, 11) is 3.30. The van der Waals surface area contributed by atoms with E-state index in [1.807, 2.05) is 23.1 Å². The molecule has 1 amide bonds. The fourth-order valence-electron chi connectivity index (χ4n) is 3.22. The first-order valence-electron chi connectivity index (χ1n) is 8.66. The number of benzene rings is 1. The van der Waals surface area contributed by atoms with Gasteiger partial charge >= 0.3 is 0 Å². The van der Waals surface area contributed by atoms with Crippen molar-refractivity contribution in [1.29, 1.82) is 0 Å². The number of carbonyl (C=O) groups excluding carboxylic acids is 1. The zero-order valence-corrected chi connectivity index (χ0v) is 15.7. The highest BCUT2D eigenvalue weighted by atomic mass is 32.2. The van der Waals surface area contributed by atoms with Crippen LogP contribution in [-0.4, -0.2) is 75.1 Å². The highest BCUT2D eigenvalue weighted by Crippen LogP contribution is 2.42. The van der Waals surface area contributed by atoms with Crippen molar-refractivity contribution in [2.45, 2.75) is 11.8 Å². The quantitative estimate of drug-likeness (QED) is 0.768. The van der Waals surface area contributed by atoms with Crippen LogP contribution in [0, 0.1) is 0 Å². The molecule has 0 bridgehead atoms. The normalized spacial score (nSPS) is 22.1. The van der Waals surface area contributed by atoms with Crippen LogP contribution < -0.4 is 9.47 Å². The lowest BCUT2D eigenvalue weighted by atomic mass is 10.1. The third-order valence-electron chi connectivity index (χ3n) is 4.66. The molecule has 138 valence electrons. The van der Waals surface area contributed by atoms with Gasteiger partial charge in [-0.25, -0.2) is 0 Å². The number of hydrogen-bond acceptors (Lipinski definition) is 6. The summed E-state index contributed by atoms with van der Waals surface area (Å²) in [5.74, 6) is 2.58. The molecule has 0 aliphatic carbocycles. The van der Waals surface area contributed by atoms with Crippen LogP contribution in [0.2, 0.25) is 0 Å². The number of carbonyl (C=O) groups is 1. The van der Waals surface area contributed by atoms with Crippen molar-refractivity contribution >= 4 is 17.7 Å². The first kappa shape index (κ1) is 18.4. The van der Waals surface area contributed by atoms with E-state index in [1.54, 1.807) is 26.0 Å². The van der Waals surface area contributed by atoms with E-state index < -0.39 is 0 Å². The number of methoxy groups -OCH3 is 2. The molecule has 2 heterocycles. The predicted molar refractivity (Wildman–Crippen MR) is 98.3 cm³/mol. The van der Waals surface area contributed by atoms with Gasteiger partial charge < -0.3 is 19.1 Å². The number of nitrogens with zero attached hydrogens (tertiary/aromatic N) is 2. The van der Waals surface area contributed by atoms with E-state index in [9.17, 15) is 4.79 Å². The molecule has 0 saturated carbocycles. The number of ether oxygens (including phenoxy) is 3. The summed E-state index contributed by atoms with van der Waals surface area (Å²) in [6.07, 6.45) is 0.600. The summed E-state index contributed by atoms with van der Waals surface area (Å²) in [4.78, 5) is 16.9. The lowest BCUT2D eigenvalue weighted by molar-refractivity contribution is -0.132. The maximum Gasteiger partial charge on any atom is 0.224 e. The van der Waals surface area contributed by atoms with Gasteiger partial charge in [0.05, 0.1) is 27.4 Å². The molecule has 7 heteroatoms. The van der Waals surface area contributed by atoms with Crippen molar-refractivity contribution < 1.29 is 19.0 Å². The molecule has 0 aromatic heterocycles. The second-order valence-electron chi connectivity index (χ2n) is 6.12. The highest BCUT2D eigenvalue weighted by Gasteiger charge is 2.32. The standard InChI is InChI=1S/C18H26N2O4S/c1-22-14-3-4-15(16(13-14)23-2)18-20(17(21)5-12-25-18)7-6-19-8-10-24-11-9-19/h3-4,13,18H,5-12H2,1-2H3. The minimum atomic E-state index is -0.0110. The molecule has 1 atom stereocenters. The minimum Gasteiger partial charge on any atom is -0.497 e. The first-order chi connectivity index (χ1) is 12.2. The van der Waals surface area contributed by atoms with Crippen molar-refractivity contribution in [1.82, 2.24) is 9.80 Å². The smallest absolute Gasteiger partial charge is 0.224 e. The van der Waals surface area contributed by atoms with Gasteiger partial charge in [-0.3, -0.25) is 9.69 Å². The molecule has 2 saturated heterocycles. The van der Waals surface area contributed by atoms with Gasteiger partial charge in [0.25, 0.3) is 0 Å². The number of thioether (sulfide) groups is 1. The third-order valence-corrected chi connectivity index (χ3v) is 5.93. The Labute approximate surface area is 153 Å². The molecule has 1 unspecified atom stereocenters. The van der Waals surface area contributed by atoms with Gasteiger partial charge in [0.15, 0.2) is 0 Å². The monoisotopic (exact) mass is 366 g/mol. The fraction of sp³-hybridized carbons (Fsp3) is 0.611. The van der Waals surface area contributed by atoms with E-state index in [1.165, 1.54) is 0 Å². The summed E-state index contributed by atoms with van der Waals surface area (Å²) in [5, 5.41) is -0.0110. The lowest BCUT2D eigenvalue weighted by Crippen LogP contribution is -2.45. The zero-order chi connectivity index (χ0) is 17.6. The predicted octanol–water partition coefficient (Wildman–Crippen LogP) is 2.00. The van der Waals surface area contributed by atoms with E-state index in [0.29, 0.717) is 6.42 Å². The van der Waals surface area contributed by atoms with Gasteiger partial charge in [-0.1, -0.05) is 0 Å². The van der Waals surface area contributed by atoms with E-state index >= 15 is 0 Å². The number of rotatable bonds is 6. The van der Waals surface area contributed by atoms with Gasteiger partial charge in [-0.15, -0.1) is 11.8 Å². The molecule has 2 aliphatic heterocycles. The molecule has 25 heavy (non-hydrogen) atoms. The van der Waals surface area contributed by atoms with Gasteiger partial charge in [-0.2, -0.15) is 0 Å². The van der Waals surface area contributed by atoms with Crippen LogP contribution >= 0.6 is 11.8 Å². The molecule has 0 N–H and O–H groups in total. The molecule has 0 spiro atoms. The largest absolute Gasteiger partial charge is 0.497 e. The van der Waals surface area contributed by atoms with Crippen molar-refractivity contribution in [3.8, 4) is 11.5 Å². The van der Waals surface area contributed by atoms with E-state index in [-0.39, 0.29) is 11.3 Å². The topological polar surface area (TPSA) is 51.2 Å². The number of amides is 1. The third kappa shape index (κ3) is 4.40. The molecule has 2 aliphatic rings. The first-order valence-corrected chi connectivity index (χ1v) is 9.71. The van der Waals surface area contributed by atoms with Crippen LogP contribution in [-0.2, 0) is 9.53 Å². The van der Waals surface area contributed by atoms with Crippen molar-refractivity contribution in [2.24, 2.45) is 0 Å². The Balaban J connectivity index is 1.76. The maximum atomic E-state index is 12.6. The minimum absolute atomic E-state index is 0.0110. The Morgan fingerprint density at radius 3 is 2.72 bits per heavy atom. The summed E-state index contributed by atoms with van der Waals surface area (Å²) in [5.41, 5.74) is 1.03. The Morgan fingerprint density at radius 2 is 2.00 bits per heavy atom. The molecule has 2 fully saturated rings. The molecule has 6 nitrogen and oxygen atoms in total. The molecule has 0 radical (unpaired) electrons. The summed E-state index contributed by atoms with van der Waals surface area (Å²) in [6, 6.07) is 5.82. The van der Waals surface area contributed by atoms with Crippen LogP contribution in [0.5, 0.6) is 11.5 Å². The molecule has 1 aromatic rings. The maximum absolute atomic E-state index is 12.6. The van der Waals surface area contributed by atoms with Crippen LogP contribution in [0.3, 0.4) is 0 Å². The lowest BCUT2D eigenvalue weighted by Gasteiger charge is -2.38. The van der Waals surface area contributed by atoms with Gasteiger partial charge in [0, 0.05) is 50.0 Å². The number of morpholine rings is 1. The second kappa shape index (κ2) is 8.78. The zero-order valence-electron chi connectivity index (χ0n) is 14.9.